The molecule has 0 amide bonds. The predicted octanol–water partition coefficient (Wildman–Crippen LogP) is -0.287. The van der Waals surface area contributed by atoms with Crippen LogP contribution in [0.3, 0.4) is 0 Å². The maximum atomic E-state index is 13.3. The van der Waals surface area contributed by atoms with Gasteiger partial charge < -0.3 is 25.1 Å². The number of rotatable bonds is 5. The zero-order valence-electron chi connectivity index (χ0n) is 18.0. The van der Waals surface area contributed by atoms with Gasteiger partial charge in [-0.1, -0.05) is 24.3 Å². The average Bonchev–Trinajstić information content (AvgIpc) is 2.77. The Morgan fingerprint density at radius 2 is 1.39 bits per heavy atom. The molecule has 0 bridgehead atoms. The number of hydrogen-bond donors (Lipinski definition) is 2. The van der Waals surface area contributed by atoms with E-state index in [1.807, 2.05) is 0 Å². The van der Waals surface area contributed by atoms with Gasteiger partial charge in [-0.3, -0.25) is 9.59 Å². The summed E-state index contributed by atoms with van der Waals surface area (Å²) >= 11 is 0. The van der Waals surface area contributed by atoms with Crippen LogP contribution in [0.5, 0.6) is 11.5 Å². The molecule has 0 saturated carbocycles. The largest absolute Gasteiger partial charge is 1.00 e. The van der Waals surface area contributed by atoms with Crippen molar-refractivity contribution in [1.29, 1.82) is 0 Å². The van der Waals surface area contributed by atoms with Crippen molar-refractivity contribution in [2.24, 2.45) is 0 Å². The molecule has 0 spiro atoms. The smallest absolute Gasteiger partial charge is 0.744 e. The third kappa shape index (κ3) is 4.35. The number of anilines is 3. The van der Waals surface area contributed by atoms with Crippen molar-refractivity contribution in [1.82, 2.24) is 0 Å². The number of nitrogens with two attached hydrogens (primary N) is 1. The van der Waals surface area contributed by atoms with Crippen molar-refractivity contribution in [2.75, 3.05) is 25.3 Å². The molecule has 9 nitrogen and oxygen atoms in total. The van der Waals surface area contributed by atoms with E-state index in [-0.39, 0.29) is 57.5 Å². The van der Waals surface area contributed by atoms with Gasteiger partial charge in [-0.25, -0.2) is 8.42 Å². The molecule has 33 heavy (non-hydrogen) atoms. The molecule has 0 aromatic heterocycles. The van der Waals surface area contributed by atoms with Gasteiger partial charge >= 0.3 is 29.6 Å². The third-order valence-electron chi connectivity index (χ3n) is 5.10. The van der Waals surface area contributed by atoms with Gasteiger partial charge in [-0.2, -0.15) is 0 Å². The number of fused-ring (bicyclic) bond motifs is 2. The number of ketones is 2. The molecule has 0 unspecified atom stereocenters. The van der Waals surface area contributed by atoms with E-state index in [1.54, 1.807) is 30.3 Å². The Morgan fingerprint density at radius 3 is 1.88 bits per heavy atom. The topological polar surface area (TPSA) is 148 Å². The predicted molar refractivity (Wildman–Crippen MR) is 115 cm³/mol. The summed E-state index contributed by atoms with van der Waals surface area (Å²) in [6, 6.07) is 11.8. The van der Waals surface area contributed by atoms with Crippen molar-refractivity contribution in [3.8, 4) is 11.5 Å². The van der Waals surface area contributed by atoms with Gasteiger partial charge in [0.15, 0.2) is 11.6 Å². The molecule has 3 N–H and O–H groups in total. The first-order valence-corrected chi connectivity index (χ1v) is 10.7. The molecule has 1 aliphatic rings. The van der Waals surface area contributed by atoms with Crippen molar-refractivity contribution >= 4 is 38.7 Å². The van der Waals surface area contributed by atoms with E-state index >= 15 is 0 Å². The van der Waals surface area contributed by atoms with E-state index in [0.717, 1.165) is 6.07 Å². The van der Waals surface area contributed by atoms with Crippen LogP contribution >= 0.6 is 0 Å². The second-order valence-electron chi connectivity index (χ2n) is 6.97. The van der Waals surface area contributed by atoms with Gasteiger partial charge in [0.25, 0.3) is 0 Å². The van der Waals surface area contributed by atoms with Gasteiger partial charge in [-0.05, 0) is 6.07 Å². The van der Waals surface area contributed by atoms with Crippen LogP contribution in [0.2, 0.25) is 0 Å². The Kier molecular flexibility index (Phi) is 6.87. The molecule has 0 fully saturated rings. The summed E-state index contributed by atoms with van der Waals surface area (Å²) in [5.74, 6) is -0.347. The number of hydrogen-bond acceptors (Lipinski definition) is 9. The Hall–Kier alpha value is -2.89. The fourth-order valence-electron chi connectivity index (χ4n) is 3.63. The van der Waals surface area contributed by atoms with Gasteiger partial charge in [0.1, 0.15) is 21.6 Å². The number of benzene rings is 3. The molecule has 0 saturated heterocycles. The number of nitrogen functional groups attached to an aromatic ring is 1. The molecule has 3 aromatic rings. The van der Waals surface area contributed by atoms with Crippen LogP contribution in [0.4, 0.5) is 17.1 Å². The van der Waals surface area contributed by atoms with E-state index in [1.165, 1.54) is 26.4 Å². The van der Waals surface area contributed by atoms with Crippen molar-refractivity contribution < 1.29 is 61.6 Å². The summed E-state index contributed by atoms with van der Waals surface area (Å²) in [6.07, 6.45) is 0. The van der Waals surface area contributed by atoms with E-state index in [4.69, 9.17) is 15.2 Å². The minimum Gasteiger partial charge on any atom is -0.744 e. The standard InChI is InChI=1S/C22H18N2O7S.Na/c1-30-12-7-11(8-13(9-12)31-2)24-16-10-17(32(27,28)29)20(23)19-18(16)21(25)14-5-3-4-6-15(14)22(19)26;/h3-10,24H,23H2,1-2H3,(H,27,28,29);/q;+1/p-1. The molecule has 3 aromatic carbocycles. The molecule has 164 valence electrons. The van der Waals surface area contributed by atoms with E-state index in [0.29, 0.717) is 17.2 Å². The Balaban J connectivity index is 0.00000306. The van der Waals surface area contributed by atoms with Gasteiger partial charge in [0.05, 0.1) is 41.6 Å². The summed E-state index contributed by atoms with van der Waals surface area (Å²) < 4.78 is 46.1. The Bertz CT molecular complexity index is 1380. The first-order chi connectivity index (χ1) is 15.2. The average molecular weight is 476 g/mol. The molecule has 0 atom stereocenters. The molecule has 0 heterocycles. The van der Waals surface area contributed by atoms with Crippen LogP contribution in [0.25, 0.3) is 0 Å². The Labute approximate surface area is 211 Å². The van der Waals surface area contributed by atoms with E-state index in [9.17, 15) is 22.6 Å². The zero-order chi connectivity index (χ0) is 23.2. The first kappa shape index (κ1) is 24.7. The Morgan fingerprint density at radius 1 is 0.879 bits per heavy atom. The quantitative estimate of drug-likeness (QED) is 0.225. The molecule has 11 heteroatoms. The summed E-state index contributed by atoms with van der Waals surface area (Å²) in [7, 11) is -2.16. The van der Waals surface area contributed by atoms with Crippen LogP contribution in [0, 0.1) is 0 Å². The van der Waals surface area contributed by atoms with Gasteiger partial charge in [-0.15, -0.1) is 0 Å². The van der Waals surface area contributed by atoms with Gasteiger partial charge in [0.2, 0.25) is 0 Å². The summed E-state index contributed by atoms with van der Waals surface area (Å²) in [4.78, 5) is 25.7. The van der Waals surface area contributed by atoms with Crippen LogP contribution < -0.4 is 50.1 Å². The number of ether oxygens (including phenoxy) is 2. The van der Waals surface area contributed by atoms with Crippen LogP contribution in [0.1, 0.15) is 31.8 Å². The molecule has 0 radical (unpaired) electrons. The molecule has 1 aliphatic carbocycles. The molecule has 4 rings (SSSR count). The molecule has 0 aliphatic heterocycles. The minimum atomic E-state index is -5.05. The van der Waals surface area contributed by atoms with Crippen molar-refractivity contribution in [3.63, 3.8) is 0 Å². The maximum absolute atomic E-state index is 13.3. The number of carbonyl (C=O) groups is 2. The van der Waals surface area contributed by atoms with E-state index in [2.05, 4.69) is 5.32 Å². The van der Waals surface area contributed by atoms with Crippen molar-refractivity contribution in [3.05, 3.63) is 70.8 Å². The van der Waals surface area contributed by atoms with Crippen LogP contribution in [-0.4, -0.2) is 38.8 Å². The zero-order valence-corrected chi connectivity index (χ0v) is 20.8. The van der Waals surface area contributed by atoms with Crippen LogP contribution in [0.15, 0.2) is 53.4 Å². The second kappa shape index (κ2) is 9.16. The monoisotopic (exact) mass is 476 g/mol. The number of carbonyl (C=O) groups excluding carboxylic acids is 2. The second-order valence-corrected chi connectivity index (χ2v) is 8.32. The van der Waals surface area contributed by atoms with Crippen LogP contribution in [-0.2, 0) is 10.1 Å². The van der Waals surface area contributed by atoms with Crippen molar-refractivity contribution in [2.45, 2.75) is 4.90 Å². The normalized spacial score (nSPS) is 12.3. The summed E-state index contributed by atoms with van der Waals surface area (Å²) in [5, 5.41) is 2.91. The SMILES string of the molecule is COc1cc(Nc2cc(S(=O)(=O)[O-])c(N)c3c2C(=O)c2ccccc2C3=O)cc(OC)c1.[Na+]. The molecular weight excluding hydrogens is 459 g/mol. The van der Waals surface area contributed by atoms with Gasteiger partial charge in [0, 0.05) is 35.0 Å². The fourth-order valence-corrected chi connectivity index (χ4v) is 4.27. The summed E-state index contributed by atoms with van der Waals surface area (Å²) in [6.45, 7) is 0. The maximum Gasteiger partial charge on any atom is 1.00 e. The number of methoxy groups -OCH3 is 2. The minimum absolute atomic E-state index is 0. The summed E-state index contributed by atoms with van der Waals surface area (Å²) in [5.41, 5.74) is 5.44. The number of nitrogens with one attached hydrogen (secondary N) is 1. The molecular formula is C22H17N2NaO7S. The fraction of sp³-hybridized carbons (Fsp3) is 0.0909. The first-order valence-electron chi connectivity index (χ1n) is 9.26. The third-order valence-corrected chi connectivity index (χ3v) is 5.98. The van der Waals surface area contributed by atoms with E-state index < -0.39 is 32.3 Å².